The molecule has 0 aromatic rings. The molecule has 0 spiro atoms. The first kappa shape index (κ1) is 10.2. The minimum atomic E-state index is -0.0668. The van der Waals surface area contributed by atoms with Gasteiger partial charge in [-0.3, -0.25) is 0 Å². The van der Waals surface area contributed by atoms with E-state index < -0.39 is 0 Å². The summed E-state index contributed by atoms with van der Waals surface area (Å²) in [6, 6.07) is 1.46. The van der Waals surface area contributed by atoms with Gasteiger partial charge in [0.25, 0.3) is 0 Å². The van der Waals surface area contributed by atoms with E-state index in [4.69, 9.17) is 11.6 Å². The van der Waals surface area contributed by atoms with Crippen LogP contribution in [0, 0.1) is 0 Å². The Morgan fingerprint density at radius 1 is 1.47 bits per heavy atom. The van der Waals surface area contributed by atoms with Crippen LogP contribution in [-0.2, 0) is 0 Å². The predicted octanol–water partition coefficient (Wildman–Crippen LogP) is 1.93. The topological polar surface area (TPSA) is 3.24 Å². The zero-order chi connectivity index (χ0) is 10.4. The summed E-state index contributed by atoms with van der Waals surface area (Å²) < 4.78 is 1.50. The quantitative estimate of drug-likeness (QED) is 0.667. The second-order valence-electron chi connectivity index (χ2n) is 4.56. The third kappa shape index (κ3) is 1.64. The maximum absolute atomic E-state index is 6.23. The average Bonchev–Trinajstić information content (AvgIpc) is 2.70. The summed E-state index contributed by atoms with van der Waals surface area (Å²) in [5.74, 6) is 0. The number of hydrogen-bond donors (Lipinski definition) is 0. The molecule has 2 atom stereocenters. The molecule has 2 bridgehead atoms. The Morgan fingerprint density at radius 3 is 3.00 bits per heavy atom. The zero-order valence-corrected chi connectivity index (χ0v) is 11.7. The Bertz CT molecular complexity index is 383. The van der Waals surface area contributed by atoms with Crippen LogP contribution in [0.15, 0.2) is 32.2 Å². The third-order valence-corrected chi connectivity index (χ3v) is 6.95. The van der Waals surface area contributed by atoms with Crippen LogP contribution in [0.5, 0.6) is 0 Å². The van der Waals surface area contributed by atoms with Gasteiger partial charge in [-0.25, -0.2) is 0 Å². The molecule has 15 heavy (non-hydrogen) atoms. The Morgan fingerprint density at radius 2 is 2.33 bits per heavy atom. The van der Waals surface area contributed by atoms with Gasteiger partial charge in [0.2, 0.25) is 0 Å². The molecule has 3 heteroatoms. The van der Waals surface area contributed by atoms with Gasteiger partial charge in [-0.1, -0.05) is 0 Å². The standard InChI is InChI=1S/C12H16ClNSe/c1-14-9-2-3-10(14)7-8(6-9)12-11(13)4-5-15-12/h4-6,9-10H,2-3,7,15H2,1H3. The fourth-order valence-electron chi connectivity index (χ4n) is 2.82. The number of hydrogen-bond acceptors (Lipinski definition) is 1. The summed E-state index contributed by atoms with van der Waals surface area (Å²) in [6.45, 7) is 0. The summed E-state index contributed by atoms with van der Waals surface area (Å²) in [4.78, 5) is 4.82. The van der Waals surface area contributed by atoms with Crippen molar-refractivity contribution in [3.8, 4) is 0 Å². The number of likely N-dealkylation sites (N-methyl/N-ethyl adjacent to an activating group) is 1. The van der Waals surface area contributed by atoms with E-state index in [1.807, 2.05) is 0 Å². The molecular formula is C12H16ClNSe. The normalized spacial score (nSPS) is 37.9. The molecule has 0 aliphatic carbocycles. The van der Waals surface area contributed by atoms with E-state index in [2.05, 4.69) is 29.1 Å². The molecule has 0 amide bonds. The van der Waals surface area contributed by atoms with E-state index in [0.29, 0.717) is 6.04 Å². The first-order chi connectivity index (χ1) is 7.25. The van der Waals surface area contributed by atoms with Crippen molar-refractivity contribution in [1.29, 1.82) is 0 Å². The van der Waals surface area contributed by atoms with Crippen LogP contribution < -0.4 is 0 Å². The van der Waals surface area contributed by atoms with Gasteiger partial charge in [0.1, 0.15) is 0 Å². The fraction of sp³-hybridized carbons (Fsp3) is 0.500. The van der Waals surface area contributed by atoms with Crippen LogP contribution in [0.25, 0.3) is 0 Å². The molecule has 1 saturated heterocycles. The van der Waals surface area contributed by atoms with Crippen LogP contribution in [0.3, 0.4) is 0 Å². The van der Waals surface area contributed by atoms with E-state index >= 15 is 0 Å². The minimum absolute atomic E-state index is 0.0668. The second-order valence-corrected chi connectivity index (χ2v) is 7.32. The molecule has 1 nitrogen and oxygen atoms in total. The van der Waals surface area contributed by atoms with Crippen LogP contribution in [0.1, 0.15) is 19.3 Å². The van der Waals surface area contributed by atoms with E-state index in [9.17, 15) is 0 Å². The Balaban J connectivity index is 1.91. The SMILES string of the molecule is CN1C2C=C(C3=C(Cl)C=C[SeH2]3)CC1CC2. The molecule has 3 rings (SSSR count). The molecule has 1 fully saturated rings. The maximum atomic E-state index is 6.23. The first-order valence-corrected chi connectivity index (χ1v) is 8.15. The molecule has 3 aliphatic rings. The molecule has 0 aromatic carbocycles. The van der Waals surface area contributed by atoms with Crippen molar-refractivity contribution in [1.82, 2.24) is 4.90 Å². The average molecular weight is 289 g/mol. The van der Waals surface area contributed by atoms with Crippen LogP contribution >= 0.6 is 11.6 Å². The van der Waals surface area contributed by atoms with Gasteiger partial charge in [-0.2, -0.15) is 0 Å². The molecule has 0 saturated carbocycles. The van der Waals surface area contributed by atoms with Crippen LogP contribution in [0.4, 0.5) is 0 Å². The van der Waals surface area contributed by atoms with Gasteiger partial charge in [-0.05, 0) is 0 Å². The number of allylic oxidation sites excluding steroid dienone is 3. The van der Waals surface area contributed by atoms with Gasteiger partial charge in [-0.15, -0.1) is 0 Å². The Kier molecular flexibility index (Phi) is 2.56. The molecule has 0 radical (unpaired) electrons. The third-order valence-electron chi connectivity index (χ3n) is 3.76. The molecule has 3 aliphatic heterocycles. The van der Waals surface area contributed by atoms with E-state index in [-0.39, 0.29) is 15.0 Å². The van der Waals surface area contributed by atoms with Crippen molar-refractivity contribution in [2.75, 3.05) is 7.05 Å². The molecular weight excluding hydrogens is 273 g/mol. The number of nitrogens with zero attached hydrogens (tertiary/aromatic N) is 1. The fourth-order valence-corrected chi connectivity index (χ4v) is 5.63. The summed E-state index contributed by atoms with van der Waals surface area (Å²) in [5.41, 5.74) is 1.57. The number of rotatable bonds is 1. The molecule has 0 N–H and O–H groups in total. The Hall–Kier alpha value is -0.0105. The van der Waals surface area contributed by atoms with Crippen molar-refractivity contribution < 1.29 is 0 Å². The predicted molar refractivity (Wildman–Crippen MR) is 67.8 cm³/mol. The molecule has 3 heterocycles. The van der Waals surface area contributed by atoms with E-state index in [1.165, 1.54) is 23.7 Å². The Labute approximate surface area is 102 Å². The van der Waals surface area contributed by atoms with Gasteiger partial charge in [0, 0.05) is 0 Å². The molecule has 2 unspecified atom stereocenters. The van der Waals surface area contributed by atoms with Gasteiger partial charge in [0.15, 0.2) is 0 Å². The first-order valence-electron chi connectivity index (χ1n) is 5.51. The molecule has 0 aromatic heterocycles. The number of fused-ring (bicyclic) bond motifs is 2. The monoisotopic (exact) mass is 289 g/mol. The van der Waals surface area contributed by atoms with Gasteiger partial charge < -0.3 is 0 Å². The summed E-state index contributed by atoms with van der Waals surface area (Å²) >= 11 is 6.17. The van der Waals surface area contributed by atoms with Crippen LogP contribution in [0.2, 0.25) is 0 Å². The summed E-state index contributed by atoms with van der Waals surface area (Å²) in [6.07, 6.45) is 8.49. The van der Waals surface area contributed by atoms with Crippen molar-refractivity contribution >= 4 is 26.6 Å². The second kappa shape index (κ2) is 3.78. The summed E-state index contributed by atoms with van der Waals surface area (Å²) in [7, 11) is 2.26. The van der Waals surface area contributed by atoms with Crippen molar-refractivity contribution in [2.24, 2.45) is 0 Å². The van der Waals surface area contributed by atoms with Gasteiger partial charge >= 0.3 is 102 Å². The van der Waals surface area contributed by atoms with Gasteiger partial charge in [0.05, 0.1) is 0 Å². The summed E-state index contributed by atoms with van der Waals surface area (Å²) in [5, 5.41) is 1.02. The van der Waals surface area contributed by atoms with Crippen molar-refractivity contribution in [2.45, 2.75) is 31.3 Å². The van der Waals surface area contributed by atoms with Crippen molar-refractivity contribution in [3.63, 3.8) is 0 Å². The van der Waals surface area contributed by atoms with E-state index in [1.54, 1.807) is 5.57 Å². The van der Waals surface area contributed by atoms with Crippen LogP contribution in [-0.4, -0.2) is 39.0 Å². The van der Waals surface area contributed by atoms with Crippen molar-refractivity contribution in [3.05, 3.63) is 32.2 Å². The zero-order valence-electron chi connectivity index (χ0n) is 8.83. The van der Waals surface area contributed by atoms with E-state index in [0.717, 1.165) is 11.1 Å². The number of halogens is 1. The molecule has 82 valence electrons.